The third kappa shape index (κ3) is 3.48. The first-order chi connectivity index (χ1) is 16.4. The Bertz CT molecular complexity index is 1360. The maximum absolute atomic E-state index is 13.5. The number of Topliss-reactive ketones (excluding diaryl/α,β-unsaturated/α-hetero) is 1. The molecule has 1 fully saturated rings. The number of imide groups is 1. The molecule has 2 atom stereocenters. The number of benzene rings is 3. The molecule has 0 unspecified atom stereocenters. The molecule has 10 heteroatoms. The van der Waals surface area contributed by atoms with E-state index in [0.717, 1.165) is 9.37 Å². The highest BCUT2D eigenvalue weighted by Crippen LogP contribution is 2.39. The Balaban J connectivity index is 1.60. The van der Waals surface area contributed by atoms with E-state index in [0.29, 0.717) is 16.9 Å². The number of nitrogens with zero attached hydrogens (tertiary/aromatic N) is 4. The minimum Gasteiger partial charge on any atom is -0.287 e. The second-order valence-electron chi connectivity index (χ2n) is 7.71. The number of ketones is 1. The fourth-order valence-electron chi connectivity index (χ4n) is 4.12. The van der Waals surface area contributed by atoms with E-state index in [1.54, 1.807) is 54.6 Å². The first-order valence-corrected chi connectivity index (χ1v) is 11.0. The smallest absolute Gasteiger partial charge is 0.269 e. The molecule has 2 amide bonds. The number of fused-ring (bicyclic) bond motifs is 1. The Morgan fingerprint density at radius 1 is 0.882 bits per heavy atom. The van der Waals surface area contributed by atoms with Crippen molar-refractivity contribution in [3.05, 3.63) is 99.0 Å². The lowest BCUT2D eigenvalue weighted by molar-refractivity contribution is -0.384. The Kier molecular flexibility index (Phi) is 5.29. The number of carbonyl (C=O) groups is 3. The molecule has 1 saturated heterocycles. The number of anilines is 2. The van der Waals surface area contributed by atoms with Crippen LogP contribution in [0.15, 0.2) is 88.4 Å². The van der Waals surface area contributed by atoms with E-state index in [4.69, 9.17) is 0 Å². The molecule has 5 rings (SSSR count). The molecule has 0 aromatic heterocycles. The molecular formula is C24H15BrN4O5. The molecule has 34 heavy (non-hydrogen) atoms. The summed E-state index contributed by atoms with van der Waals surface area (Å²) in [5.41, 5.74) is 0.896. The van der Waals surface area contributed by atoms with Crippen LogP contribution in [0.1, 0.15) is 10.4 Å². The molecule has 2 heterocycles. The molecular weight excluding hydrogens is 504 g/mol. The van der Waals surface area contributed by atoms with Crippen molar-refractivity contribution in [2.45, 2.75) is 6.04 Å². The van der Waals surface area contributed by atoms with Gasteiger partial charge in [-0.2, -0.15) is 5.10 Å². The van der Waals surface area contributed by atoms with Gasteiger partial charge >= 0.3 is 0 Å². The summed E-state index contributed by atoms with van der Waals surface area (Å²) in [5.74, 6) is -2.65. The predicted octanol–water partition coefficient (Wildman–Crippen LogP) is 3.97. The largest absolute Gasteiger partial charge is 0.287 e. The second kappa shape index (κ2) is 8.31. The summed E-state index contributed by atoms with van der Waals surface area (Å²) in [6, 6.07) is 19.4. The summed E-state index contributed by atoms with van der Waals surface area (Å²) in [7, 11) is 0. The summed E-state index contributed by atoms with van der Waals surface area (Å²) in [4.78, 5) is 51.9. The van der Waals surface area contributed by atoms with Gasteiger partial charge in [-0.3, -0.25) is 29.5 Å². The Morgan fingerprint density at radius 2 is 1.50 bits per heavy atom. The molecule has 2 aliphatic rings. The van der Waals surface area contributed by atoms with Crippen LogP contribution in [-0.2, 0) is 9.59 Å². The maximum Gasteiger partial charge on any atom is 0.269 e. The number of hydrogen-bond acceptors (Lipinski definition) is 7. The monoisotopic (exact) mass is 518 g/mol. The van der Waals surface area contributed by atoms with Crippen molar-refractivity contribution in [3.63, 3.8) is 0 Å². The van der Waals surface area contributed by atoms with E-state index in [9.17, 15) is 24.5 Å². The van der Waals surface area contributed by atoms with Crippen LogP contribution in [-0.4, -0.2) is 34.3 Å². The number of rotatable bonds is 5. The minimum absolute atomic E-state index is 0.0486. The van der Waals surface area contributed by atoms with Crippen LogP contribution in [0.25, 0.3) is 0 Å². The molecule has 0 radical (unpaired) electrons. The number of carbonyl (C=O) groups excluding carboxylic acids is 3. The van der Waals surface area contributed by atoms with Crippen LogP contribution in [0.3, 0.4) is 0 Å². The van der Waals surface area contributed by atoms with E-state index < -0.39 is 34.5 Å². The van der Waals surface area contributed by atoms with Crippen molar-refractivity contribution in [3.8, 4) is 0 Å². The van der Waals surface area contributed by atoms with Crippen LogP contribution in [0.5, 0.6) is 0 Å². The summed E-state index contributed by atoms with van der Waals surface area (Å²) in [6.07, 6.45) is 0. The summed E-state index contributed by atoms with van der Waals surface area (Å²) in [5, 5.41) is 16.7. The average Bonchev–Trinajstić information content (AvgIpc) is 3.36. The Morgan fingerprint density at radius 3 is 2.12 bits per heavy atom. The Hall–Kier alpha value is -4.18. The lowest BCUT2D eigenvalue weighted by Crippen LogP contribution is -2.39. The van der Waals surface area contributed by atoms with Gasteiger partial charge in [0.05, 0.1) is 16.3 Å². The zero-order valence-electron chi connectivity index (χ0n) is 17.4. The van der Waals surface area contributed by atoms with Crippen molar-refractivity contribution in [1.29, 1.82) is 0 Å². The van der Waals surface area contributed by atoms with Crippen molar-refractivity contribution < 1.29 is 19.3 Å². The van der Waals surface area contributed by atoms with Gasteiger partial charge in [0, 0.05) is 22.2 Å². The lowest BCUT2D eigenvalue weighted by atomic mass is 9.92. The van der Waals surface area contributed by atoms with Crippen LogP contribution >= 0.6 is 15.9 Å². The fourth-order valence-corrected chi connectivity index (χ4v) is 4.39. The highest BCUT2D eigenvalue weighted by Gasteiger charge is 2.58. The van der Waals surface area contributed by atoms with E-state index in [-0.39, 0.29) is 11.4 Å². The number of hydrazone groups is 1. The number of nitro benzene ring substituents is 1. The summed E-state index contributed by atoms with van der Waals surface area (Å²) >= 11 is 3.34. The number of nitro groups is 1. The van der Waals surface area contributed by atoms with Gasteiger partial charge in [-0.25, -0.2) is 4.90 Å². The summed E-state index contributed by atoms with van der Waals surface area (Å²) < 4.78 is 0.782. The highest BCUT2D eigenvalue weighted by atomic mass is 79.9. The zero-order valence-corrected chi connectivity index (χ0v) is 19.0. The molecule has 9 nitrogen and oxygen atoms in total. The third-order valence-corrected chi connectivity index (χ3v) is 6.26. The van der Waals surface area contributed by atoms with E-state index in [2.05, 4.69) is 21.0 Å². The topological polar surface area (TPSA) is 113 Å². The van der Waals surface area contributed by atoms with Crippen molar-refractivity contribution in [2.75, 3.05) is 9.91 Å². The molecule has 0 saturated carbocycles. The van der Waals surface area contributed by atoms with Crippen molar-refractivity contribution in [2.24, 2.45) is 11.0 Å². The normalized spacial score (nSPS) is 19.3. The van der Waals surface area contributed by atoms with E-state index in [1.807, 2.05) is 0 Å². The molecule has 168 valence electrons. The van der Waals surface area contributed by atoms with Crippen LogP contribution in [0.4, 0.5) is 17.1 Å². The third-order valence-electron chi connectivity index (χ3n) is 5.73. The van der Waals surface area contributed by atoms with Gasteiger partial charge in [0.2, 0.25) is 11.7 Å². The van der Waals surface area contributed by atoms with Gasteiger partial charge in [0.15, 0.2) is 0 Å². The van der Waals surface area contributed by atoms with Crippen LogP contribution in [0, 0.1) is 16.0 Å². The molecule has 0 aliphatic carbocycles. The molecule has 3 aromatic carbocycles. The lowest BCUT2D eigenvalue weighted by Gasteiger charge is -2.22. The van der Waals surface area contributed by atoms with Gasteiger partial charge in [0.25, 0.3) is 11.6 Å². The van der Waals surface area contributed by atoms with Gasteiger partial charge in [-0.15, -0.1) is 0 Å². The quantitative estimate of drug-likeness (QED) is 0.218. The number of halogens is 1. The van der Waals surface area contributed by atoms with Crippen LogP contribution < -0.4 is 9.91 Å². The first kappa shape index (κ1) is 21.7. The minimum atomic E-state index is -1.11. The predicted molar refractivity (Wildman–Crippen MR) is 128 cm³/mol. The van der Waals surface area contributed by atoms with Gasteiger partial charge in [-0.1, -0.05) is 46.3 Å². The number of non-ortho nitro benzene ring substituents is 1. The first-order valence-electron chi connectivity index (χ1n) is 10.2. The maximum atomic E-state index is 13.5. The highest BCUT2D eigenvalue weighted by molar-refractivity contribution is 9.10. The Labute approximate surface area is 201 Å². The van der Waals surface area contributed by atoms with Crippen molar-refractivity contribution in [1.82, 2.24) is 0 Å². The van der Waals surface area contributed by atoms with Crippen molar-refractivity contribution >= 4 is 56.3 Å². The standard InChI is InChI=1S/C24H15BrN4O5/c25-15-6-8-16(9-7-15)27-23(31)19-20(22(30)14-4-2-1-3-5-14)26-28(21(19)24(27)32)17-10-12-18(13-11-17)29(33)34/h1-13,19,21H/t19-,21+/m0/s1. The van der Waals surface area contributed by atoms with E-state index in [1.165, 1.54) is 29.3 Å². The molecule has 0 N–H and O–H groups in total. The van der Waals surface area contributed by atoms with Gasteiger partial charge < -0.3 is 0 Å². The molecule has 0 spiro atoms. The molecule has 3 aromatic rings. The second-order valence-corrected chi connectivity index (χ2v) is 8.62. The zero-order chi connectivity index (χ0) is 24.0. The van der Waals surface area contributed by atoms with E-state index >= 15 is 0 Å². The molecule has 2 aliphatic heterocycles. The SMILES string of the molecule is O=C(C1=NN(c2ccc([N+](=O)[O-])cc2)[C@H]2C(=O)N(c3ccc(Br)cc3)C(=O)[C@@H]12)c1ccccc1. The average molecular weight is 519 g/mol. The fraction of sp³-hybridized carbons (Fsp3) is 0.0833. The summed E-state index contributed by atoms with van der Waals surface area (Å²) in [6.45, 7) is 0. The number of hydrogen-bond donors (Lipinski definition) is 0. The van der Waals surface area contributed by atoms with Crippen LogP contribution in [0.2, 0.25) is 0 Å². The van der Waals surface area contributed by atoms with Gasteiger partial charge in [0.1, 0.15) is 17.7 Å². The number of amides is 2. The van der Waals surface area contributed by atoms with Gasteiger partial charge in [-0.05, 0) is 36.4 Å². The molecule has 0 bridgehead atoms.